The second-order valence-electron chi connectivity index (χ2n) is 4.35. The molecule has 0 amide bonds. The van der Waals surface area contributed by atoms with Gasteiger partial charge in [0.1, 0.15) is 0 Å². The van der Waals surface area contributed by atoms with Crippen LogP contribution in [-0.2, 0) is 6.42 Å². The van der Waals surface area contributed by atoms with Crippen molar-refractivity contribution in [3.8, 4) is 0 Å². The Morgan fingerprint density at radius 2 is 2.23 bits per heavy atom. The average Bonchev–Trinajstić information content (AvgIpc) is 2.47. The van der Waals surface area contributed by atoms with Crippen molar-refractivity contribution in [2.45, 2.75) is 37.6 Å². The Morgan fingerprint density at radius 3 is 3.15 bits per heavy atom. The molecule has 0 aliphatic heterocycles. The molecule has 2 N–H and O–H groups in total. The van der Waals surface area contributed by atoms with Gasteiger partial charge in [-0.15, -0.1) is 0 Å². The Labute approximate surface area is 78.9 Å². The van der Waals surface area contributed by atoms with Crippen LogP contribution in [0.5, 0.6) is 0 Å². The normalized spacial score (nSPS) is 30.2. The van der Waals surface area contributed by atoms with Crippen LogP contribution in [-0.4, -0.2) is 0 Å². The lowest BCUT2D eigenvalue weighted by Gasteiger charge is -2.20. The number of hydrogen-bond donors (Lipinski definition) is 1. The highest BCUT2D eigenvalue weighted by molar-refractivity contribution is 5.45. The lowest BCUT2D eigenvalue weighted by atomic mass is 9.84. The molecule has 68 valence electrons. The maximum Gasteiger partial charge on any atom is 0.0303 e. The fourth-order valence-electron chi connectivity index (χ4n) is 3.02. The summed E-state index contributed by atoms with van der Waals surface area (Å²) in [5.74, 6) is 0.787. The molecular weight excluding hydrogens is 158 g/mol. The molecule has 0 aromatic heterocycles. The van der Waals surface area contributed by atoms with E-state index in [9.17, 15) is 0 Å². The van der Waals surface area contributed by atoms with Crippen LogP contribution in [0.3, 0.4) is 0 Å². The van der Waals surface area contributed by atoms with E-state index in [1.807, 2.05) is 0 Å². The largest absolute Gasteiger partial charge is 0.324 e. The minimum Gasteiger partial charge on any atom is -0.324 e. The molecule has 1 aromatic rings. The van der Waals surface area contributed by atoms with Crippen molar-refractivity contribution in [2.75, 3.05) is 0 Å². The summed E-state index contributed by atoms with van der Waals surface area (Å²) in [6, 6.07) is 6.98. The van der Waals surface area contributed by atoms with Gasteiger partial charge in [-0.3, -0.25) is 0 Å². The van der Waals surface area contributed by atoms with Gasteiger partial charge < -0.3 is 5.73 Å². The van der Waals surface area contributed by atoms with Crippen LogP contribution in [0.4, 0.5) is 0 Å². The van der Waals surface area contributed by atoms with E-state index in [1.54, 1.807) is 11.1 Å². The summed E-state index contributed by atoms with van der Waals surface area (Å²) in [5.41, 5.74) is 10.7. The predicted octanol–water partition coefficient (Wildman–Crippen LogP) is 2.51. The summed E-state index contributed by atoms with van der Waals surface area (Å²) >= 11 is 0. The Balaban J connectivity index is 2.22. The predicted molar refractivity (Wildman–Crippen MR) is 53.7 cm³/mol. The topological polar surface area (TPSA) is 26.0 Å². The van der Waals surface area contributed by atoms with Gasteiger partial charge in [0.05, 0.1) is 0 Å². The zero-order valence-corrected chi connectivity index (χ0v) is 7.79. The monoisotopic (exact) mass is 173 g/mol. The van der Waals surface area contributed by atoms with Crippen molar-refractivity contribution >= 4 is 0 Å². The molecule has 2 aliphatic rings. The summed E-state index contributed by atoms with van der Waals surface area (Å²) in [6.45, 7) is 0. The van der Waals surface area contributed by atoms with Crippen LogP contribution < -0.4 is 5.73 Å². The van der Waals surface area contributed by atoms with Gasteiger partial charge in [-0.25, -0.2) is 0 Å². The van der Waals surface area contributed by atoms with E-state index in [1.165, 1.54) is 31.2 Å². The van der Waals surface area contributed by atoms with E-state index >= 15 is 0 Å². The second kappa shape index (κ2) is 2.58. The van der Waals surface area contributed by atoms with Crippen molar-refractivity contribution in [1.82, 2.24) is 0 Å². The molecular formula is C12H15N. The first kappa shape index (κ1) is 7.57. The standard InChI is InChI=1S/C12H15N/c13-11-7-9-5-1-3-8-4-2-6-10(11)12(8)9/h2,4,6,9,11H,1,3,5,7,13H2/t9-,11+/m1/s1. The van der Waals surface area contributed by atoms with Gasteiger partial charge in [-0.1, -0.05) is 18.2 Å². The van der Waals surface area contributed by atoms with E-state index in [0.717, 1.165) is 5.92 Å². The van der Waals surface area contributed by atoms with Gasteiger partial charge in [-0.05, 0) is 48.3 Å². The summed E-state index contributed by atoms with van der Waals surface area (Å²) in [4.78, 5) is 0. The number of nitrogens with two attached hydrogens (primary N) is 1. The van der Waals surface area contributed by atoms with Crippen molar-refractivity contribution < 1.29 is 0 Å². The Hall–Kier alpha value is -0.820. The molecule has 1 nitrogen and oxygen atoms in total. The van der Waals surface area contributed by atoms with Crippen molar-refractivity contribution in [3.63, 3.8) is 0 Å². The zero-order chi connectivity index (χ0) is 8.84. The molecule has 0 radical (unpaired) electrons. The first-order valence-corrected chi connectivity index (χ1v) is 5.23. The maximum atomic E-state index is 6.11. The Bertz CT molecular complexity index is 343. The number of rotatable bonds is 0. The molecule has 0 saturated heterocycles. The van der Waals surface area contributed by atoms with Gasteiger partial charge in [0, 0.05) is 6.04 Å². The van der Waals surface area contributed by atoms with Crippen LogP contribution in [0.25, 0.3) is 0 Å². The van der Waals surface area contributed by atoms with E-state index in [0.29, 0.717) is 6.04 Å². The molecule has 1 heteroatoms. The van der Waals surface area contributed by atoms with Crippen molar-refractivity contribution in [2.24, 2.45) is 5.73 Å². The lowest BCUT2D eigenvalue weighted by Crippen LogP contribution is -2.05. The fourth-order valence-corrected chi connectivity index (χ4v) is 3.02. The quantitative estimate of drug-likeness (QED) is 0.641. The van der Waals surface area contributed by atoms with Crippen LogP contribution >= 0.6 is 0 Å². The molecule has 3 rings (SSSR count). The zero-order valence-electron chi connectivity index (χ0n) is 7.79. The number of hydrogen-bond acceptors (Lipinski definition) is 1. The fraction of sp³-hybridized carbons (Fsp3) is 0.500. The first-order chi connectivity index (χ1) is 6.36. The molecule has 0 saturated carbocycles. The van der Waals surface area contributed by atoms with Crippen LogP contribution in [0.2, 0.25) is 0 Å². The average molecular weight is 173 g/mol. The molecule has 0 bridgehead atoms. The van der Waals surface area contributed by atoms with E-state index in [-0.39, 0.29) is 0 Å². The van der Waals surface area contributed by atoms with Crippen molar-refractivity contribution in [1.29, 1.82) is 0 Å². The summed E-state index contributed by atoms with van der Waals surface area (Å²) < 4.78 is 0. The molecule has 2 aliphatic carbocycles. The lowest BCUT2D eigenvalue weighted by molar-refractivity contribution is 0.525. The minimum atomic E-state index is 0.318. The van der Waals surface area contributed by atoms with Gasteiger partial charge in [0.15, 0.2) is 0 Å². The highest BCUT2D eigenvalue weighted by atomic mass is 14.7. The Kier molecular flexibility index (Phi) is 1.50. The second-order valence-corrected chi connectivity index (χ2v) is 4.35. The maximum absolute atomic E-state index is 6.11. The third kappa shape index (κ3) is 0.969. The van der Waals surface area contributed by atoms with Gasteiger partial charge in [-0.2, -0.15) is 0 Å². The molecule has 0 spiro atoms. The highest BCUT2D eigenvalue weighted by Crippen LogP contribution is 2.46. The SMILES string of the molecule is N[C@H]1C[C@H]2CCCc3cccc1c32. The summed E-state index contributed by atoms with van der Waals surface area (Å²) in [6.07, 6.45) is 5.17. The van der Waals surface area contributed by atoms with Gasteiger partial charge in [0.25, 0.3) is 0 Å². The van der Waals surface area contributed by atoms with Gasteiger partial charge >= 0.3 is 0 Å². The number of benzene rings is 1. The smallest absolute Gasteiger partial charge is 0.0303 e. The van der Waals surface area contributed by atoms with Crippen molar-refractivity contribution in [3.05, 3.63) is 34.9 Å². The molecule has 0 fully saturated rings. The third-order valence-corrected chi connectivity index (χ3v) is 3.58. The number of aryl methyl sites for hydroxylation is 1. The van der Waals surface area contributed by atoms with E-state index in [4.69, 9.17) is 5.73 Å². The molecule has 13 heavy (non-hydrogen) atoms. The van der Waals surface area contributed by atoms with E-state index in [2.05, 4.69) is 18.2 Å². The highest BCUT2D eigenvalue weighted by Gasteiger charge is 2.32. The molecule has 1 aromatic carbocycles. The summed E-state index contributed by atoms with van der Waals surface area (Å²) in [5, 5.41) is 0. The summed E-state index contributed by atoms with van der Waals surface area (Å²) in [7, 11) is 0. The molecule has 0 unspecified atom stereocenters. The first-order valence-electron chi connectivity index (χ1n) is 5.23. The molecule has 0 heterocycles. The van der Waals surface area contributed by atoms with Crippen LogP contribution in [0.15, 0.2) is 18.2 Å². The van der Waals surface area contributed by atoms with Crippen LogP contribution in [0.1, 0.15) is 47.9 Å². The van der Waals surface area contributed by atoms with E-state index < -0.39 is 0 Å². The Morgan fingerprint density at radius 1 is 1.31 bits per heavy atom. The minimum absolute atomic E-state index is 0.318. The van der Waals surface area contributed by atoms with Crippen LogP contribution in [0, 0.1) is 0 Å². The third-order valence-electron chi connectivity index (χ3n) is 3.58. The molecule has 2 atom stereocenters. The van der Waals surface area contributed by atoms with Gasteiger partial charge in [0.2, 0.25) is 0 Å².